The molecule has 1 aromatic heterocycles. The van der Waals surface area contributed by atoms with Gasteiger partial charge >= 0.3 is 0 Å². The number of aromatic amines is 1. The third kappa shape index (κ3) is 3.37. The molecule has 0 atom stereocenters. The Morgan fingerprint density at radius 2 is 1.84 bits per heavy atom. The first-order chi connectivity index (χ1) is 8.88. The molecule has 5 nitrogen and oxygen atoms in total. The minimum Gasteiger partial charge on any atom is -0.326 e. The Morgan fingerprint density at radius 1 is 1.21 bits per heavy atom. The summed E-state index contributed by atoms with van der Waals surface area (Å²) in [5.41, 5.74) is -0.593. The van der Waals surface area contributed by atoms with Crippen molar-refractivity contribution < 1.29 is 8.42 Å². The lowest BCUT2D eigenvalue weighted by Gasteiger charge is -2.07. The quantitative estimate of drug-likeness (QED) is 0.880. The zero-order valence-electron chi connectivity index (χ0n) is 9.35. The molecule has 8 heteroatoms. The van der Waals surface area contributed by atoms with Gasteiger partial charge in [-0.3, -0.25) is 9.52 Å². The van der Waals surface area contributed by atoms with Gasteiger partial charge in [-0.25, -0.2) is 8.42 Å². The zero-order valence-corrected chi connectivity index (χ0v) is 12.5. The Kier molecular flexibility index (Phi) is 3.98. The monoisotopic (exact) mass is 362 g/mol. The number of benzene rings is 1. The lowest BCUT2D eigenvalue weighted by atomic mass is 10.4. The van der Waals surface area contributed by atoms with Crippen molar-refractivity contribution >= 4 is 43.2 Å². The van der Waals surface area contributed by atoms with Gasteiger partial charge in [-0.1, -0.05) is 11.6 Å². The fourth-order valence-electron chi connectivity index (χ4n) is 1.35. The van der Waals surface area contributed by atoms with Crippen LogP contribution in [0.4, 0.5) is 5.69 Å². The van der Waals surface area contributed by atoms with E-state index in [1.54, 1.807) is 0 Å². The first-order valence-electron chi connectivity index (χ1n) is 5.05. The van der Waals surface area contributed by atoms with Crippen LogP contribution in [0.3, 0.4) is 0 Å². The summed E-state index contributed by atoms with van der Waals surface area (Å²) in [5.74, 6) is 0. The van der Waals surface area contributed by atoms with Gasteiger partial charge in [0.2, 0.25) is 0 Å². The highest BCUT2D eigenvalue weighted by atomic mass is 79.9. The molecule has 1 heterocycles. The number of pyridine rings is 1. The van der Waals surface area contributed by atoms with Gasteiger partial charge in [-0.2, -0.15) is 0 Å². The van der Waals surface area contributed by atoms with Gasteiger partial charge in [-0.05, 0) is 46.3 Å². The third-order valence-corrected chi connectivity index (χ3v) is 4.33. The van der Waals surface area contributed by atoms with Crippen molar-refractivity contribution in [3.63, 3.8) is 0 Å². The van der Waals surface area contributed by atoms with Crippen LogP contribution in [0.15, 0.2) is 50.7 Å². The van der Waals surface area contributed by atoms with Crippen molar-refractivity contribution in [2.24, 2.45) is 0 Å². The average Bonchev–Trinajstić information content (AvgIpc) is 2.34. The van der Waals surface area contributed by atoms with E-state index in [0.717, 1.165) is 0 Å². The van der Waals surface area contributed by atoms with Gasteiger partial charge in [0.05, 0.1) is 4.90 Å². The maximum absolute atomic E-state index is 12.1. The number of H-pyrrole nitrogens is 1. The number of rotatable bonds is 3. The molecule has 19 heavy (non-hydrogen) atoms. The second-order valence-electron chi connectivity index (χ2n) is 3.62. The number of sulfonamides is 1. The molecule has 0 aliphatic rings. The summed E-state index contributed by atoms with van der Waals surface area (Å²) >= 11 is 8.84. The first kappa shape index (κ1) is 14.1. The summed E-state index contributed by atoms with van der Waals surface area (Å²) in [5, 5.41) is 0.430. The van der Waals surface area contributed by atoms with Crippen LogP contribution in [-0.2, 0) is 10.0 Å². The molecular formula is C11H8BrClN2O3S. The first-order valence-corrected chi connectivity index (χ1v) is 7.70. The van der Waals surface area contributed by atoms with Crippen molar-refractivity contribution in [2.75, 3.05) is 4.72 Å². The predicted molar refractivity (Wildman–Crippen MR) is 77.0 cm³/mol. The van der Waals surface area contributed by atoms with Gasteiger partial charge in [0, 0.05) is 15.7 Å². The molecule has 0 radical (unpaired) electrons. The maximum atomic E-state index is 12.1. The Labute approximate surface area is 122 Å². The van der Waals surface area contributed by atoms with E-state index in [9.17, 15) is 13.2 Å². The molecule has 0 fully saturated rings. The fraction of sp³-hybridized carbons (Fsp3) is 0. The van der Waals surface area contributed by atoms with Gasteiger partial charge in [-0.15, -0.1) is 0 Å². The molecule has 2 N–H and O–H groups in total. The summed E-state index contributed by atoms with van der Waals surface area (Å²) in [6, 6.07) is 7.02. The fourth-order valence-corrected chi connectivity index (χ4v) is 2.87. The number of halogens is 2. The lowest BCUT2D eigenvalue weighted by molar-refractivity contribution is 0.601. The molecule has 0 spiro atoms. The Morgan fingerprint density at radius 3 is 2.47 bits per heavy atom. The van der Waals surface area contributed by atoms with E-state index in [-0.39, 0.29) is 10.6 Å². The van der Waals surface area contributed by atoms with Crippen LogP contribution in [-0.4, -0.2) is 13.4 Å². The van der Waals surface area contributed by atoms with Crippen molar-refractivity contribution in [3.05, 3.63) is 56.4 Å². The molecule has 0 saturated heterocycles. The van der Waals surface area contributed by atoms with Crippen LogP contribution in [0, 0.1) is 0 Å². The largest absolute Gasteiger partial charge is 0.326 e. The van der Waals surface area contributed by atoms with E-state index in [1.165, 1.54) is 36.5 Å². The lowest BCUT2D eigenvalue weighted by Crippen LogP contribution is -2.19. The molecule has 2 aromatic rings. The van der Waals surface area contributed by atoms with Gasteiger partial charge < -0.3 is 4.98 Å². The minimum absolute atomic E-state index is 0.0243. The number of aromatic nitrogens is 1. The number of anilines is 1. The van der Waals surface area contributed by atoms with E-state index in [4.69, 9.17) is 11.6 Å². The van der Waals surface area contributed by atoms with Crippen LogP contribution in [0.25, 0.3) is 0 Å². The number of nitrogens with one attached hydrogen (secondary N) is 2. The van der Waals surface area contributed by atoms with E-state index >= 15 is 0 Å². The Balaban J connectivity index is 2.39. The topological polar surface area (TPSA) is 79.0 Å². The highest BCUT2D eigenvalue weighted by molar-refractivity contribution is 9.10. The second kappa shape index (κ2) is 5.36. The van der Waals surface area contributed by atoms with E-state index in [0.29, 0.717) is 9.50 Å². The second-order valence-corrected chi connectivity index (χ2v) is 6.65. The van der Waals surface area contributed by atoms with E-state index < -0.39 is 15.6 Å². The highest BCUT2D eigenvalue weighted by Gasteiger charge is 2.15. The molecule has 0 amide bonds. The van der Waals surface area contributed by atoms with Gasteiger partial charge in [0.25, 0.3) is 15.6 Å². The summed E-state index contributed by atoms with van der Waals surface area (Å²) in [6.45, 7) is 0. The normalized spacial score (nSPS) is 11.3. The maximum Gasteiger partial charge on any atom is 0.272 e. The van der Waals surface area contributed by atoms with Crippen LogP contribution in [0.2, 0.25) is 5.02 Å². The molecule has 0 aliphatic heterocycles. The summed E-state index contributed by atoms with van der Waals surface area (Å²) in [4.78, 5) is 13.9. The minimum atomic E-state index is -3.82. The Hall–Kier alpha value is -1.31. The molecule has 1 aromatic carbocycles. The smallest absolute Gasteiger partial charge is 0.272 e. The van der Waals surface area contributed by atoms with Crippen molar-refractivity contribution in [3.8, 4) is 0 Å². The van der Waals surface area contributed by atoms with Gasteiger partial charge in [0.1, 0.15) is 5.69 Å². The molecule has 2 rings (SSSR count). The molecule has 0 saturated carbocycles. The highest BCUT2D eigenvalue weighted by Crippen LogP contribution is 2.18. The third-order valence-electron chi connectivity index (χ3n) is 2.24. The summed E-state index contributed by atoms with van der Waals surface area (Å²) in [7, 11) is -3.82. The van der Waals surface area contributed by atoms with Gasteiger partial charge in [0.15, 0.2) is 0 Å². The Bertz CT molecular complexity index is 756. The summed E-state index contributed by atoms with van der Waals surface area (Å²) in [6.07, 6.45) is 1.42. The van der Waals surface area contributed by atoms with Crippen molar-refractivity contribution in [2.45, 2.75) is 4.90 Å². The standard InChI is InChI=1S/C11H8BrClN2O3S/c12-7-5-10(11(16)14-6-7)15-19(17,18)9-3-1-8(13)2-4-9/h1-6,15H,(H,14,16). The SMILES string of the molecule is O=c1[nH]cc(Br)cc1NS(=O)(=O)c1ccc(Cl)cc1. The summed E-state index contributed by atoms with van der Waals surface area (Å²) < 4.78 is 26.9. The molecule has 100 valence electrons. The van der Waals surface area contributed by atoms with E-state index in [2.05, 4.69) is 25.6 Å². The average molecular weight is 364 g/mol. The van der Waals surface area contributed by atoms with Crippen molar-refractivity contribution in [1.82, 2.24) is 4.98 Å². The molecular weight excluding hydrogens is 356 g/mol. The van der Waals surface area contributed by atoms with Crippen LogP contribution in [0.1, 0.15) is 0 Å². The van der Waals surface area contributed by atoms with E-state index in [1.807, 2.05) is 0 Å². The van der Waals surface area contributed by atoms with Crippen LogP contribution >= 0.6 is 27.5 Å². The molecule has 0 bridgehead atoms. The number of hydrogen-bond donors (Lipinski definition) is 2. The van der Waals surface area contributed by atoms with Crippen LogP contribution < -0.4 is 10.3 Å². The zero-order chi connectivity index (χ0) is 14.0. The number of hydrogen-bond acceptors (Lipinski definition) is 3. The van der Waals surface area contributed by atoms with Crippen molar-refractivity contribution in [1.29, 1.82) is 0 Å². The molecule has 0 aliphatic carbocycles. The van der Waals surface area contributed by atoms with Crippen LogP contribution in [0.5, 0.6) is 0 Å². The molecule has 0 unspecified atom stereocenters. The predicted octanol–water partition coefficient (Wildman–Crippen LogP) is 2.59.